The second-order valence-corrected chi connectivity index (χ2v) is 11.2. The first-order valence-corrected chi connectivity index (χ1v) is 16.0. The van der Waals surface area contributed by atoms with Crippen LogP contribution < -0.4 is 0 Å². The first-order valence-electron chi connectivity index (χ1n) is 9.70. The molecule has 0 fully saturated rings. The maximum absolute atomic E-state index is 4.93. The van der Waals surface area contributed by atoms with Crippen LogP contribution in [-0.4, -0.2) is 0 Å². The van der Waals surface area contributed by atoms with Gasteiger partial charge in [0.25, 0.3) is 0 Å². The van der Waals surface area contributed by atoms with E-state index in [4.69, 9.17) is 17.0 Å². The first-order chi connectivity index (χ1) is 14.1. The predicted molar refractivity (Wildman–Crippen MR) is 126 cm³/mol. The van der Waals surface area contributed by atoms with Gasteiger partial charge in [0.15, 0.2) is 0 Å². The molecule has 5 aromatic carbocycles. The monoisotopic (exact) mass is 493 g/mol. The number of rotatable bonds is 2. The van der Waals surface area contributed by atoms with Gasteiger partial charge < -0.3 is 0 Å². The van der Waals surface area contributed by atoms with Crippen LogP contribution in [0.25, 0.3) is 43.4 Å². The molecule has 29 heavy (non-hydrogen) atoms. The van der Waals surface area contributed by atoms with Crippen LogP contribution >= 0.6 is 17.0 Å². The van der Waals surface area contributed by atoms with Crippen LogP contribution in [0.3, 0.4) is 0 Å². The molecule has 0 N–H and O–H groups in total. The summed E-state index contributed by atoms with van der Waals surface area (Å²) in [6.45, 7) is 4.53. The summed E-state index contributed by atoms with van der Waals surface area (Å²) in [7, 11) is 9.87. The fourth-order valence-corrected chi connectivity index (χ4v) is 4.11. The van der Waals surface area contributed by atoms with Crippen LogP contribution in [0, 0.1) is 0 Å². The number of fused-ring (bicyclic) bond motifs is 3. The molecule has 0 saturated carbocycles. The Balaban J connectivity index is 0.000000645. The average Bonchev–Trinajstić information content (AvgIpc) is 3.18. The molecule has 0 amide bonds. The van der Waals surface area contributed by atoms with Crippen molar-refractivity contribution < 1.29 is 20.8 Å². The molecular weight excluding hydrogens is 474 g/mol. The van der Waals surface area contributed by atoms with E-state index in [1.54, 1.807) is 0 Å². The van der Waals surface area contributed by atoms with Gasteiger partial charge in [0.2, 0.25) is 0 Å². The van der Waals surface area contributed by atoms with Crippen LogP contribution in [0.5, 0.6) is 0 Å². The molecule has 5 rings (SSSR count). The van der Waals surface area contributed by atoms with E-state index in [0.717, 1.165) is 0 Å². The molecular formula is C26H21Cl2Zr-. The van der Waals surface area contributed by atoms with Crippen molar-refractivity contribution in [1.29, 1.82) is 0 Å². The normalized spacial score (nSPS) is 11.1. The Kier molecular flexibility index (Phi) is 6.50. The van der Waals surface area contributed by atoms with E-state index in [9.17, 15) is 0 Å². The molecule has 0 nitrogen and oxygen atoms in total. The number of hydrogen-bond donors (Lipinski definition) is 0. The molecule has 0 heterocycles. The van der Waals surface area contributed by atoms with Gasteiger partial charge in [-0.2, -0.15) is 6.07 Å². The second kappa shape index (κ2) is 9.09. The molecule has 0 aliphatic carbocycles. The predicted octanol–water partition coefficient (Wildman–Crippen LogP) is 9.03. The van der Waals surface area contributed by atoms with Gasteiger partial charge in [0.1, 0.15) is 0 Å². The Hall–Kier alpha value is -1.53. The Morgan fingerprint density at radius 3 is 1.90 bits per heavy atom. The van der Waals surface area contributed by atoms with Crippen LogP contribution in [0.15, 0.2) is 84.9 Å². The quantitative estimate of drug-likeness (QED) is 0.169. The standard InChI is InChI=1S/C26H21.2ClH.Zr/c1-17(2)21-15-20-10-7-13-24(25(20)16-21)26-22-11-5-3-8-18(22)14-19-9-4-6-12-23(19)26;;;/h3-17H,1-2H3;2*1H;/q-1;;;+2/p-2. The van der Waals surface area contributed by atoms with Crippen molar-refractivity contribution in [3.63, 3.8) is 0 Å². The van der Waals surface area contributed by atoms with E-state index in [0.29, 0.717) is 5.92 Å². The summed E-state index contributed by atoms with van der Waals surface area (Å²) in [6, 6.07) is 31.2. The van der Waals surface area contributed by atoms with Crippen molar-refractivity contribution in [2.45, 2.75) is 19.8 Å². The summed E-state index contributed by atoms with van der Waals surface area (Å²) >= 11 is -0.826. The zero-order chi connectivity index (χ0) is 20.4. The molecule has 0 radical (unpaired) electrons. The maximum atomic E-state index is 4.93. The Bertz CT molecular complexity index is 1230. The number of benzene rings is 4. The minimum atomic E-state index is -0.826. The van der Waals surface area contributed by atoms with Gasteiger partial charge in [0.05, 0.1) is 0 Å². The average molecular weight is 496 g/mol. The van der Waals surface area contributed by atoms with Gasteiger partial charge in [-0.25, -0.2) is 0 Å². The Morgan fingerprint density at radius 2 is 1.31 bits per heavy atom. The molecule has 0 aromatic heterocycles. The van der Waals surface area contributed by atoms with Gasteiger partial charge in [-0.15, -0.1) is 34.5 Å². The summed E-state index contributed by atoms with van der Waals surface area (Å²) in [5, 5.41) is 7.94. The van der Waals surface area contributed by atoms with E-state index in [1.165, 1.54) is 49.0 Å². The van der Waals surface area contributed by atoms with Crippen molar-refractivity contribution in [2.75, 3.05) is 0 Å². The van der Waals surface area contributed by atoms with Gasteiger partial charge >= 0.3 is 37.9 Å². The second-order valence-electron chi connectivity index (χ2n) is 7.52. The van der Waals surface area contributed by atoms with Gasteiger partial charge in [-0.3, -0.25) is 0 Å². The van der Waals surface area contributed by atoms with Crippen LogP contribution in [0.1, 0.15) is 25.3 Å². The third-order valence-corrected chi connectivity index (χ3v) is 5.48. The van der Waals surface area contributed by atoms with Crippen molar-refractivity contribution in [3.05, 3.63) is 90.5 Å². The third kappa shape index (κ3) is 4.06. The fraction of sp³-hybridized carbons (Fsp3) is 0.115. The summed E-state index contributed by atoms with van der Waals surface area (Å²) in [5.41, 5.74) is 4.10. The van der Waals surface area contributed by atoms with Crippen molar-refractivity contribution in [3.8, 4) is 11.1 Å². The van der Waals surface area contributed by atoms with Crippen molar-refractivity contribution in [1.82, 2.24) is 0 Å². The van der Waals surface area contributed by atoms with Crippen LogP contribution in [-0.2, 0) is 20.8 Å². The molecule has 0 spiro atoms. The summed E-state index contributed by atoms with van der Waals surface area (Å²) < 4.78 is 0. The van der Waals surface area contributed by atoms with E-state index < -0.39 is 20.8 Å². The molecule has 0 bridgehead atoms. The van der Waals surface area contributed by atoms with Gasteiger partial charge in [-0.1, -0.05) is 74.0 Å². The number of halogens is 2. The van der Waals surface area contributed by atoms with E-state index in [1.807, 2.05) is 0 Å². The molecule has 5 aromatic rings. The number of hydrogen-bond acceptors (Lipinski definition) is 0. The molecule has 3 heteroatoms. The zero-order valence-corrected chi connectivity index (χ0v) is 20.4. The van der Waals surface area contributed by atoms with Crippen molar-refractivity contribution >= 4 is 49.3 Å². The van der Waals surface area contributed by atoms with Crippen LogP contribution in [0.4, 0.5) is 0 Å². The molecule has 0 atom stereocenters. The van der Waals surface area contributed by atoms with E-state index in [-0.39, 0.29) is 0 Å². The summed E-state index contributed by atoms with van der Waals surface area (Å²) in [5.74, 6) is 0.541. The topological polar surface area (TPSA) is 0 Å². The molecule has 0 unspecified atom stereocenters. The Labute approximate surface area is 190 Å². The van der Waals surface area contributed by atoms with E-state index >= 15 is 0 Å². The van der Waals surface area contributed by atoms with Gasteiger partial charge in [-0.05, 0) is 39.1 Å². The van der Waals surface area contributed by atoms with Crippen molar-refractivity contribution in [2.24, 2.45) is 0 Å². The Morgan fingerprint density at radius 1 is 0.724 bits per heavy atom. The SMILES string of the molecule is CC(C)c1cc2c(-c3c4ccccc4cc4ccccc34)cccc2[cH-]1.[Cl][Zr][Cl]. The molecule has 144 valence electrons. The first kappa shape index (κ1) is 20.7. The molecule has 0 saturated heterocycles. The fourth-order valence-electron chi connectivity index (χ4n) is 4.11. The molecule has 0 aliphatic rings. The zero-order valence-electron chi connectivity index (χ0n) is 16.4. The molecule has 0 aliphatic heterocycles. The third-order valence-electron chi connectivity index (χ3n) is 5.48. The van der Waals surface area contributed by atoms with Crippen LogP contribution in [0.2, 0.25) is 0 Å². The van der Waals surface area contributed by atoms with Gasteiger partial charge in [0, 0.05) is 0 Å². The minimum absolute atomic E-state index is 0.541. The van der Waals surface area contributed by atoms with E-state index in [2.05, 4.69) is 98.8 Å². The summed E-state index contributed by atoms with van der Waals surface area (Å²) in [6.07, 6.45) is 0. The summed E-state index contributed by atoms with van der Waals surface area (Å²) in [4.78, 5) is 0.